The molecule has 3 aliphatic heterocycles. The summed E-state index contributed by atoms with van der Waals surface area (Å²) in [6.07, 6.45) is 2.78. The molecule has 14 nitrogen and oxygen atoms in total. The van der Waals surface area contributed by atoms with E-state index < -0.39 is 47.9 Å². The van der Waals surface area contributed by atoms with Crippen molar-refractivity contribution >= 4 is 33.2 Å². The largest absolute Gasteiger partial charge is 0.456 e. The molecule has 2 aromatic heterocycles. The quantitative estimate of drug-likeness (QED) is 0.0790. The fraction of sp³-hybridized carbons (Fsp3) is 0.500. The summed E-state index contributed by atoms with van der Waals surface area (Å²) in [6, 6.07) is 4.11. The molecule has 0 spiro atoms. The number of fused-ring (bicyclic) bond motifs is 2. The Labute approximate surface area is 290 Å². The number of aromatic nitrogens is 3. The Kier molecular flexibility index (Phi) is 10.6. The molecule has 2 saturated heterocycles. The molecule has 2 fully saturated rings. The van der Waals surface area contributed by atoms with E-state index in [0.29, 0.717) is 19.1 Å². The van der Waals surface area contributed by atoms with Gasteiger partial charge in [0.25, 0.3) is 0 Å². The average Bonchev–Trinajstić information content (AvgIpc) is 3.64. The number of nitrogens with zero attached hydrogens (tertiary/aromatic N) is 5. The smallest absolute Gasteiger partial charge is 0.453 e. The van der Waals surface area contributed by atoms with Crippen LogP contribution in [0.2, 0.25) is 0 Å². The van der Waals surface area contributed by atoms with E-state index in [-0.39, 0.29) is 56.9 Å². The maximum absolute atomic E-state index is 16.5. The molecular formula is C34H41F3N6O8. The number of halogens is 3. The Morgan fingerprint density at radius 1 is 1.06 bits per heavy atom. The zero-order valence-corrected chi connectivity index (χ0v) is 28.2. The van der Waals surface area contributed by atoms with E-state index in [0.717, 1.165) is 38.6 Å². The summed E-state index contributed by atoms with van der Waals surface area (Å²) in [7, 11) is 0. The van der Waals surface area contributed by atoms with Crippen LogP contribution in [0, 0.1) is 18.6 Å². The van der Waals surface area contributed by atoms with Gasteiger partial charge in [-0.15, -0.1) is 0 Å². The summed E-state index contributed by atoms with van der Waals surface area (Å²) in [5.74, 6) is -2.82. The lowest BCUT2D eigenvalue weighted by Crippen LogP contribution is -2.35. The molecule has 7 N–H and O–H groups in total. The number of unbranched alkanes of at least 4 members (excludes halogenated alkanes) is 3. The van der Waals surface area contributed by atoms with Crippen LogP contribution in [0.3, 0.4) is 0 Å². The predicted octanol–water partition coefficient (Wildman–Crippen LogP) is 3.56. The zero-order chi connectivity index (χ0) is 36.6. The second kappa shape index (κ2) is 14.8. The normalized spacial score (nSPS) is 18.6. The molecular weight excluding hydrogens is 677 g/mol. The number of ether oxygens (including phenoxy) is 3. The summed E-state index contributed by atoms with van der Waals surface area (Å²) >= 11 is 0. The van der Waals surface area contributed by atoms with Gasteiger partial charge >= 0.3 is 18.6 Å². The first-order valence-electron chi connectivity index (χ1n) is 16.8. The van der Waals surface area contributed by atoms with Gasteiger partial charge in [0, 0.05) is 35.8 Å². The molecule has 276 valence electrons. The number of alkyl halides is 1. The molecule has 2 atom stereocenters. The van der Waals surface area contributed by atoms with E-state index in [1.165, 1.54) is 38.0 Å². The Morgan fingerprint density at radius 3 is 2.55 bits per heavy atom. The molecule has 0 bridgehead atoms. The van der Waals surface area contributed by atoms with Gasteiger partial charge < -0.3 is 50.4 Å². The zero-order valence-electron chi connectivity index (χ0n) is 28.2. The van der Waals surface area contributed by atoms with Crippen molar-refractivity contribution in [2.24, 2.45) is 0 Å². The fourth-order valence-electron chi connectivity index (χ4n) is 6.95. The molecule has 0 aliphatic carbocycles. The summed E-state index contributed by atoms with van der Waals surface area (Å²) in [6.45, 7) is 3.46. The molecule has 7 rings (SSSR count). The minimum absolute atomic E-state index is 0.00410. The number of aliphatic hydroxyl groups is 5. The highest BCUT2D eigenvalue weighted by molar-refractivity contribution is 6.05. The first-order chi connectivity index (χ1) is 24.2. The van der Waals surface area contributed by atoms with Crippen LogP contribution in [-0.2, 0) is 0 Å². The third-order valence-corrected chi connectivity index (χ3v) is 9.15. The van der Waals surface area contributed by atoms with Gasteiger partial charge in [0.1, 0.15) is 22.8 Å². The molecule has 0 saturated carbocycles. The monoisotopic (exact) mass is 718 g/mol. The molecule has 2 aromatic carbocycles. The van der Waals surface area contributed by atoms with Crippen LogP contribution < -0.4 is 24.8 Å². The molecule has 4 aromatic rings. The number of pyridine rings is 1. The number of hydrogen-bond acceptors (Lipinski definition) is 14. The molecule has 2 unspecified atom stereocenters. The van der Waals surface area contributed by atoms with E-state index in [1.807, 2.05) is 0 Å². The SMILES string of the molecule is CCCCCCN1COc2nc(-c3cc(N)cc4cc(C)c(F)c(OC(O)(O)O)c34)c(F)c3nc(OC(O)O)nc1c23.FC1CC2CCCN2C1. The van der Waals surface area contributed by atoms with Gasteiger partial charge in [-0.1, -0.05) is 26.2 Å². The second-order valence-corrected chi connectivity index (χ2v) is 13.0. The molecule has 0 amide bonds. The van der Waals surface area contributed by atoms with Crippen molar-refractivity contribution in [1.29, 1.82) is 0 Å². The first kappa shape index (κ1) is 36.5. The lowest BCUT2D eigenvalue weighted by atomic mass is 9.96. The van der Waals surface area contributed by atoms with Crippen molar-refractivity contribution in [3.63, 3.8) is 0 Å². The van der Waals surface area contributed by atoms with Crippen molar-refractivity contribution in [2.45, 2.75) is 83.6 Å². The van der Waals surface area contributed by atoms with Crippen molar-refractivity contribution in [2.75, 3.05) is 37.0 Å². The van der Waals surface area contributed by atoms with Crippen LogP contribution in [0.25, 0.3) is 32.9 Å². The number of anilines is 2. The van der Waals surface area contributed by atoms with Gasteiger partial charge in [-0.3, -0.25) is 4.90 Å². The molecule has 3 aliphatic rings. The number of aliphatic hydroxyl groups excluding tert-OH is 1. The van der Waals surface area contributed by atoms with Crippen LogP contribution in [0.15, 0.2) is 18.2 Å². The van der Waals surface area contributed by atoms with Gasteiger partial charge in [-0.2, -0.15) is 9.97 Å². The highest BCUT2D eigenvalue weighted by Gasteiger charge is 2.35. The minimum atomic E-state index is -3.77. The van der Waals surface area contributed by atoms with E-state index >= 15 is 8.78 Å². The van der Waals surface area contributed by atoms with Crippen LogP contribution in [0.1, 0.15) is 57.4 Å². The number of nitrogens with two attached hydrogens (primary N) is 1. The Morgan fingerprint density at radius 2 is 1.84 bits per heavy atom. The van der Waals surface area contributed by atoms with E-state index in [2.05, 4.69) is 26.8 Å². The molecule has 0 radical (unpaired) electrons. The number of benzene rings is 2. The van der Waals surface area contributed by atoms with Crippen molar-refractivity contribution < 1.29 is 52.9 Å². The van der Waals surface area contributed by atoms with Crippen molar-refractivity contribution in [3.8, 4) is 28.9 Å². The topological polar surface area (TPSA) is 200 Å². The third-order valence-electron chi connectivity index (χ3n) is 9.15. The van der Waals surface area contributed by atoms with Crippen LogP contribution in [0.5, 0.6) is 17.6 Å². The van der Waals surface area contributed by atoms with E-state index in [1.54, 1.807) is 4.90 Å². The average molecular weight is 719 g/mol. The highest BCUT2D eigenvalue weighted by Crippen LogP contribution is 2.45. The van der Waals surface area contributed by atoms with Gasteiger partial charge in [-0.25, -0.2) is 18.2 Å². The van der Waals surface area contributed by atoms with Crippen LogP contribution in [-0.4, -0.2) is 96.6 Å². The minimum Gasteiger partial charge on any atom is -0.456 e. The lowest BCUT2D eigenvalue weighted by Gasteiger charge is -2.30. The van der Waals surface area contributed by atoms with Gasteiger partial charge in [0.2, 0.25) is 5.88 Å². The third kappa shape index (κ3) is 7.83. The maximum Gasteiger partial charge on any atom is 0.453 e. The Balaban J connectivity index is 0.000000428. The van der Waals surface area contributed by atoms with Gasteiger partial charge in [0.05, 0.1) is 0 Å². The van der Waals surface area contributed by atoms with Crippen LogP contribution in [0.4, 0.5) is 24.7 Å². The van der Waals surface area contributed by atoms with Gasteiger partial charge in [-0.05, 0) is 68.3 Å². The number of hydrogen-bond donors (Lipinski definition) is 6. The van der Waals surface area contributed by atoms with E-state index in [4.69, 9.17) is 19.9 Å². The Bertz CT molecular complexity index is 1900. The van der Waals surface area contributed by atoms with Crippen LogP contribution >= 0.6 is 0 Å². The summed E-state index contributed by atoms with van der Waals surface area (Å²) in [5.41, 5.74) is 5.24. The predicted molar refractivity (Wildman–Crippen MR) is 179 cm³/mol. The maximum atomic E-state index is 16.5. The number of aryl methyl sites for hydroxylation is 1. The summed E-state index contributed by atoms with van der Waals surface area (Å²) < 4.78 is 59.8. The molecule has 17 heteroatoms. The fourth-order valence-corrected chi connectivity index (χ4v) is 6.95. The van der Waals surface area contributed by atoms with Gasteiger partial charge in [0.15, 0.2) is 29.9 Å². The standard InChI is InChI=1S/C27H29F2N5O8.C7H12FN/c1-3-4-5-6-7-34-11-40-24-17-21(32-25(33-23(17)34)41-26(35)36)19(29)20(31-24)15-10-14(30)9-13-8-12(2)18(28)22(16(13)15)42-27(37,38)39;8-6-4-7-2-1-3-9(7)5-6/h8-10,26,35-39H,3-7,11,30H2,1-2H3;6-7H,1-5H2. The van der Waals surface area contributed by atoms with E-state index in [9.17, 15) is 29.9 Å². The molecule has 5 heterocycles. The lowest BCUT2D eigenvalue weighted by molar-refractivity contribution is -0.419. The highest BCUT2D eigenvalue weighted by atomic mass is 19.1. The van der Waals surface area contributed by atoms with Crippen molar-refractivity contribution in [3.05, 3.63) is 35.4 Å². The summed E-state index contributed by atoms with van der Waals surface area (Å²) in [5, 5.41) is 47.4. The van der Waals surface area contributed by atoms with Crippen molar-refractivity contribution in [1.82, 2.24) is 19.9 Å². The first-order valence-corrected chi connectivity index (χ1v) is 16.8. The molecule has 51 heavy (non-hydrogen) atoms. The Hall–Kier alpha value is -4.26. The summed E-state index contributed by atoms with van der Waals surface area (Å²) in [4.78, 5) is 16.6. The number of nitrogen functional groups attached to an aromatic ring is 1. The second-order valence-electron chi connectivity index (χ2n) is 13.0. The number of rotatable bonds is 10.